The Kier molecular flexibility index (Phi) is 6.05. The largest absolute Gasteiger partial charge is 0.459 e. The third kappa shape index (κ3) is 4.09. The van der Waals surface area contributed by atoms with Gasteiger partial charge in [0.25, 0.3) is 0 Å². The predicted octanol–water partition coefficient (Wildman–Crippen LogP) is 5.20. The summed E-state index contributed by atoms with van der Waals surface area (Å²) >= 11 is 3.34. The van der Waals surface area contributed by atoms with Crippen LogP contribution < -0.4 is 5.32 Å². The molecule has 2 aromatic rings. The van der Waals surface area contributed by atoms with Crippen LogP contribution in [0.25, 0.3) is 0 Å². The molecule has 0 unspecified atom stereocenters. The molecule has 2 aliphatic heterocycles. The Balaban J connectivity index is 1.48. The van der Waals surface area contributed by atoms with Gasteiger partial charge < -0.3 is 14.8 Å². The van der Waals surface area contributed by atoms with Crippen molar-refractivity contribution in [1.29, 1.82) is 0 Å². The summed E-state index contributed by atoms with van der Waals surface area (Å²) in [5.41, 5.74) is 3.00. The standard InChI is InChI=1S/C25H27NO4S2/c1-14-7-8-21(32-14)24-22(25(28)30-13-17-5-3-9-29-17)15(2)26-18-11-16(12-19(27)23(18)24)20-6-4-10-31-20/h4,6-8,10,16-17,24,26H,3,5,9,11-13H2,1-2H3/t16-,17+,24-/m0/s1. The second-order valence-corrected chi connectivity index (χ2v) is 11.0. The zero-order chi connectivity index (χ0) is 22.2. The fraction of sp³-hybridized carbons (Fsp3) is 0.440. The molecule has 4 heterocycles. The van der Waals surface area contributed by atoms with Crippen molar-refractivity contribution < 1.29 is 19.1 Å². The fourth-order valence-corrected chi connectivity index (χ4v) is 6.78. The first kappa shape index (κ1) is 21.6. The molecular weight excluding hydrogens is 442 g/mol. The summed E-state index contributed by atoms with van der Waals surface area (Å²) in [5.74, 6) is -0.439. The van der Waals surface area contributed by atoms with Gasteiger partial charge in [0.05, 0.1) is 17.6 Å². The van der Waals surface area contributed by atoms with Crippen molar-refractivity contribution in [2.24, 2.45) is 0 Å². The molecule has 0 saturated carbocycles. The maximum Gasteiger partial charge on any atom is 0.336 e. The molecule has 0 radical (unpaired) electrons. The number of allylic oxidation sites excluding steroid dienone is 3. The van der Waals surface area contributed by atoms with Gasteiger partial charge in [-0.05, 0) is 56.7 Å². The quantitative estimate of drug-likeness (QED) is 0.610. The Bertz CT molecular complexity index is 1090. The summed E-state index contributed by atoms with van der Waals surface area (Å²) < 4.78 is 11.3. The number of dihydropyridines is 1. The molecule has 0 spiro atoms. The van der Waals surface area contributed by atoms with E-state index in [9.17, 15) is 9.59 Å². The number of ether oxygens (including phenoxy) is 2. The zero-order valence-corrected chi connectivity index (χ0v) is 19.9. The van der Waals surface area contributed by atoms with Crippen molar-refractivity contribution in [3.8, 4) is 0 Å². The Morgan fingerprint density at radius 1 is 1.22 bits per heavy atom. The third-order valence-corrected chi connectivity index (χ3v) is 8.56. The molecule has 0 bridgehead atoms. The van der Waals surface area contributed by atoms with Crippen molar-refractivity contribution in [3.63, 3.8) is 0 Å². The number of hydrogen-bond donors (Lipinski definition) is 1. The summed E-state index contributed by atoms with van der Waals surface area (Å²) in [6, 6.07) is 8.23. The molecule has 32 heavy (non-hydrogen) atoms. The minimum absolute atomic E-state index is 0.0310. The number of thiophene rings is 2. The molecule has 0 aromatic carbocycles. The number of carbonyl (C=O) groups excluding carboxylic acids is 2. The number of ketones is 1. The van der Waals surface area contributed by atoms with E-state index < -0.39 is 0 Å². The molecule has 1 N–H and O–H groups in total. The molecule has 1 fully saturated rings. The lowest BCUT2D eigenvalue weighted by molar-refractivity contribution is -0.142. The number of hydrogen-bond acceptors (Lipinski definition) is 7. The first-order chi connectivity index (χ1) is 15.5. The molecule has 0 amide bonds. The molecule has 1 aliphatic carbocycles. The third-order valence-electron chi connectivity index (χ3n) is 6.46. The van der Waals surface area contributed by atoms with Crippen molar-refractivity contribution in [3.05, 3.63) is 66.8 Å². The van der Waals surface area contributed by atoms with Crippen LogP contribution in [0.2, 0.25) is 0 Å². The van der Waals surface area contributed by atoms with Crippen molar-refractivity contribution in [2.75, 3.05) is 13.2 Å². The van der Waals surface area contributed by atoms with Gasteiger partial charge in [-0.15, -0.1) is 22.7 Å². The van der Waals surface area contributed by atoms with Crippen molar-refractivity contribution in [2.45, 2.75) is 57.5 Å². The number of rotatable bonds is 5. The molecule has 168 valence electrons. The zero-order valence-electron chi connectivity index (χ0n) is 18.3. The van der Waals surface area contributed by atoms with Crippen LogP contribution in [-0.4, -0.2) is 31.1 Å². The molecule has 2 aromatic heterocycles. The first-order valence-electron chi connectivity index (χ1n) is 11.1. The highest BCUT2D eigenvalue weighted by molar-refractivity contribution is 7.12. The summed E-state index contributed by atoms with van der Waals surface area (Å²) in [6.45, 7) is 4.94. The summed E-state index contributed by atoms with van der Waals surface area (Å²) in [6.07, 6.45) is 3.13. The molecule has 3 atom stereocenters. The van der Waals surface area contributed by atoms with Crippen LogP contribution in [0, 0.1) is 6.92 Å². The number of esters is 1. The van der Waals surface area contributed by atoms with Crippen LogP contribution in [0.4, 0.5) is 0 Å². The van der Waals surface area contributed by atoms with E-state index in [0.29, 0.717) is 12.0 Å². The second kappa shape index (κ2) is 8.96. The number of aryl methyl sites for hydroxylation is 1. The van der Waals surface area contributed by atoms with Crippen LogP contribution >= 0.6 is 22.7 Å². The number of carbonyl (C=O) groups is 2. The van der Waals surface area contributed by atoms with E-state index in [2.05, 4.69) is 22.8 Å². The smallest absolute Gasteiger partial charge is 0.336 e. The van der Waals surface area contributed by atoms with Gasteiger partial charge in [-0.1, -0.05) is 6.07 Å². The Hall–Kier alpha value is -2.22. The maximum atomic E-state index is 13.5. The van der Waals surface area contributed by atoms with Crippen LogP contribution in [0.5, 0.6) is 0 Å². The van der Waals surface area contributed by atoms with E-state index in [-0.39, 0.29) is 36.3 Å². The van der Waals surface area contributed by atoms with E-state index in [0.717, 1.165) is 52.6 Å². The average Bonchev–Trinajstić information content (AvgIpc) is 3.53. The monoisotopic (exact) mass is 469 g/mol. The van der Waals surface area contributed by atoms with Crippen LogP contribution in [0.1, 0.15) is 59.1 Å². The van der Waals surface area contributed by atoms with Crippen LogP contribution in [0.3, 0.4) is 0 Å². The lowest BCUT2D eigenvalue weighted by Gasteiger charge is -2.36. The highest BCUT2D eigenvalue weighted by Crippen LogP contribution is 2.47. The molecule has 3 aliphatic rings. The number of nitrogens with one attached hydrogen (secondary N) is 1. The van der Waals surface area contributed by atoms with Crippen LogP contribution in [-0.2, 0) is 19.1 Å². The van der Waals surface area contributed by atoms with Gasteiger partial charge in [0.2, 0.25) is 0 Å². The summed E-state index contributed by atoms with van der Waals surface area (Å²) in [5, 5.41) is 5.48. The first-order valence-corrected chi connectivity index (χ1v) is 12.8. The van der Waals surface area contributed by atoms with E-state index >= 15 is 0 Å². The normalized spacial score (nSPS) is 25.7. The number of Topliss-reactive ketones (excluding diaryl/α,β-unsaturated/α-hetero) is 1. The Labute approximate surface area is 196 Å². The van der Waals surface area contributed by atoms with Crippen LogP contribution in [0.15, 0.2) is 52.2 Å². The van der Waals surface area contributed by atoms with E-state index in [1.54, 1.807) is 22.7 Å². The molecular formula is C25H27NO4S2. The minimum Gasteiger partial charge on any atom is -0.459 e. The van der Waals surface area contributed by atoms with Gasteiger partial charge in [-0.2, -0.15) is 0 Å². The van der Waals surface area contributed by atoms with E-state index in [1.165, 1.54) is 4.88 Å². The SMILES string of the molecule is CC1=C(C(=O)OC[C@H]2CCCO2)[C@H](c2ccc(C)s2)C2=C(C[C@H](c3cccs3)CC2=O)N1. The van der Waals surface area contributed by atoms with Gasteiger partial charge in [0.1, 0.15) is 6.61 Å². The Morgan fingerprint density at radius 3 is 2.78 bits per heavy atom. The molecule has 5 nitrogen and oxygen atoms in total. The predicted molar refractivity (Wildman–Crippen MR) is 126 cm³/mol. The fourth-order valence-electron chi connectivity index (χ4n) is 4.95. The van der Waals surface area contributed by atoms with Gasteiger partial charge in [-0.25, -0.2) is 4.79 Å². The lowest BCUT2D eigenvalue weighted by Crippen LogP contribution is -2.36. The molecule has 7 heteroatoms. The van der Waals surface area contributed by atoms with Gasteiger partial charge in [0.15, 0.2) is 5.78 Å². The van der Waals surface area contributed by atoms with E-state index in [1.807, 2.05) is 26.0 Å². The Morgan fingerprint density at radius 2 is 2.09 bits per heavy atom. The van der Waals surface area contributed by atoms with Gasteiger partial charge in [0, 0.05) is 50.5 Å². The molecule has 5 rings (SSSR count). The molecule has 1 saturated heterocycles. The second-order valence-electron chi connectivity index (χ2n) is 8.71. The average molecular weight is 470 g/mol. The highest BCUT2D eigenvalue weighted by Gasteiger charge is 2.42. The van der Waals surface area contributed by atoms with E-state index in [4.69, 9.17) is 9.47 Å². The summed E-state index contributed by atoms with van der Waals surface area (Å²) in [7, 11) is 0. The minimum atomic E-state index is -0.376. The highest BCUT2D eigenvalue weighted by atomic mass is 32.1. The maximum absolute atomic E-state index is 13.5. The van der Waals surface area contributed by atoms with Crippen molar-refractivity contribution in [1.82, 2.24) is 5.32 Å². The summed E-state index contributed by atoms with van der Waals surface area (Å²) in [4.78, 5) is 30.2. The lowest BCUT2D eigenvalue weighted by atomic mass is 9.74. The van der Waals surface area contributed by atoms with Gasteiger partial charge >= 0.3 is 5.97 Å². The van der Waals surface area contributed by atoms with Gasteiger partial charge in [-0.3, -0.25) is 4.79 Å². The topological polar surface area (TPSA) is 64.6 Å². The van der Waals surface area contributed by atoms with Crippen molar-refractivity contribution >= 4 is 34.4 Å².